The molecule has 0 aliphatic carbocycles. The summed E-state index contributed by atoms with van der Waals surface area (Å²) in [6.07, 6.45) is 9.71. The molecule has 0 spiro atoms. The summed E-state index contributed by atoms with van der Waals surface area (Å²) in [5.41, 5.74) is 3.23. The van der Waals surface area contributed by atoms with Crippen LogP contribution in [0, 0.1) is 12.3 Å². The number of terminal acetylenes is 1. The molecule has 0 bridgehead atoms. The number of nitrogens with zero attached hydrogens (tertiary/aromatic N) is 2. The van der Waals surface area contributed by atoms with Crippen molar-refractivity contribution >= 4 is 33.5 Å². The molecule has 0 N–H and O–H groups in total. The maximum atomic E-state index is 12.2. The van der Waals surface area contributed by atoms with Crippen LogP contribution in [0.4, 0.5) is 0 Å². The fraction of sp³-hybridized carbons (Fsp3) is 0.143. The van der Waals surface area contributed by atoms with E-state index in [4.69, 9.17) is 6.42 Å². The maximum Gasteiger partial charge on any atom is 0.272 e. The van der Waals surface area contributed by atoms with E-state index in [9.17, 15) is 4.79 Å². The van der Waals surface area contributed by atoms with Crippen LogP contribution < -0.4 is 4.80 Å². The Bertz CT molecular complexity index is 1030. The number of carbonyl (C=O) groups excluding carboxylic acids is 1. The largest absolute Gasteiger partial charge is 0.305 e. The highest BCUT2D eigenvalue weighted by Gasteiger charge is 2.07. The van der Waals surface area contributed by atoms with E-state index in [1.807, 2.05) is 41.0 Å². The molecule has 4 heteroatoms. The number of thiazole rings is 1. The minimum absolute atomic E-state index is 0.295. The molecule has 1 aromatic heterocycles. The Morgan fingerprint density at radius 1 is 1.28 bits per heavy atom. The molecular weight excluding hydrogens is 328 g/mol. The predicted molar refractivity (Wildman–Crippen MR) is 104 cm³/mol. The van der Waals surface area contributed by atoms with Crippen molar-refractivity contribution in [1.82, 2.24) is 4.57 Å². The highest BCUT2D eigenvalue weighted by Crippen LogP contribution is 2.19. The van der Waals surface area contributed by atoms with Crippen molar-refractivity contribution < 1.29 is 4.79 Å². The van der Waals surface area contributed by atoms with Crippen LogP contribution in [-0.4, -0.2) is 10.5 Å². The molecule has 0 fully saturated rings. The minimum Gasteiger partial charge on any atom is -0.305 e. The third kappa shape index (κ3) is 3.96. The number of aryl methyl sites for hydroxylation is 1. The first-order valence-electron chi connectivity index (χ1n) is 8.09. The molecule has 3 aromatic rings. The Labute approximate surface area is 151 Å². The average molecular weight is 346 g/mol. The van der Waals surface area contributed by atoms with E-state index in [0.29, 0.717) is 11.3 Å². The van der Waals surface area contributed by atoms with Gasteiger partial charge >= 0.3 is 0 Å². The number of fused-ring (bicyclic) bond motifs is 1. The molecule has 0 saturated heterocycles. The Hall–Kier alpha value is -2.90. The van der Waals surface area contributed by atoms with E-state index in [2.05, 4.69) is 30.0 Å². The van der Waals surface area contributed by atoms with Crippen LogP contribution in [0.2, 0.25) is 0 Å². The SMILES string of the molecule is C#CCn1c(=NC(=O)/C=C/c2ccccc2)sc2cc(CC)ccc21. The highest BCUT2D eigenvalue weighted by molar-refractivity contribution is 7.16. The Morgan fingerprint density at radius 2 is 2.08 bits per heavy atom. The summed E-state index contributed by atoms with van der Waals surface area (Å²) in [4.78, 5) is 17.1. The lowest BCUT2D eigenvalue weighted by atomic mass is 10.2. The van der Waals surface area contributed by atoms with Gasteiger partial charge in [-0.15, -0.1) is 6.42 Å². The summed E-state index contributed by atoms with van der Waals surface area (Å²) in [5.74, 6) is 2.35. The molecule has 3 rings (SSSR count). The standard InChI is InChI=1S/C21H18N2OS/c1-3-14-23-18-12-10-16(4-2)15-19(18)25-21(23)22-20(24)13-11-17-8-6-5-7-9-17/h1,5-13,15H,4,14H2,2H3/b13-11+,22-21?. The third-order valence-corrected chi connectivity index (χ3v) is 4.87. The van der Waals surface area contributed by atoms with Gasteiger partial charge in [-0.2, -0.15) is 4.99 Å². The average Bonchev–Trinajstić information content (AvgIpc) is 2.97. The fourth-order valence-corrected chi connectivity index (χ4v) is 3.63. The number of benzene rings is 2. The summed E-state index contributed by atoms with van der Waals surface area (Å²) in [5, 5.41) is 0. The second kappa shape index (κ2) is 7.78. The Kier molecular flexibility index (Phi) is 5.27. The zero-order valence-electron chi connectivity index (χ0n) is 14.0. The van der Waals surface area contributed by atoms with Gasteiger partial charge in [-0.3, -0.25) is 4.79 Å². The Balaban J connectivity index is 2.00. The van der Waals surface area contributed by atoms with Crippen LogP contribution in [0.15, 0.2) is 59.6 Å². The van der Waals surface area contributed by atoms with Gasteiger partial charge in [0, 0.05) is 6.08 Å². The lowest BCUT2D eigenvalue weighted by molar-refractivity contribution is -0.113. The Morgan fingerprint density at radius 3 is 2.80 bits per heavy atom. The van der Waals surface area contributed by atoms with Crippen molar-refractivity contribution in [3.05, 3.63) is 70.5 Å². The number of amides is 1. The van der Waals surface area contributed by atoms with Crippen molar-refractivity contribution in [3.63, 3.8) is 0 Å². The molecule has 25 heavy (non-hydrogen) atoms. The van der Waals surface area contributed by atoms with E-state index in [1.165, 1.54) is 23.0 Å². The zero-order chi connectivity index (χ0) is 17.6. The van der Waals surface area contributed by atoms with Gasteiger partial charge in [-0.1, -0.05) is 60.6 Å². The number of aromatic nitrogens is 1. The van der Waals surface area contributed by atoms with E-state index < -0.39 is 0 Å². The van der Waals surface area contributed by atoms with Crippen LogP contribution in [0.3, 0.4) is 0 Å². The third-order valence-electron chi connectivity index (χ3n) is 3.83. The topological polar surface area (TPSA) is 34.4 Å². The summed E-state index contributed by atoms with van der Waals surface area (Å²) < 4.78 is 3.00. The number of hydrogen-bond acceptors (Lipinski definition) is 2. The second-order valence-corrected chi connectivity index (χ2v) is 6.53. The molecule has 0 atom stereocenters. The van der Waals surface area contributed by atoms with E-state index in [-0.39, 0.29) is 5.91 Å². The molecule has 124 valence electrons. The van der Waals surface area contributed by atoms with Gasteiger partial charge in [0.05, 0.1) is 16.8 Å². The first-order chi connectivity index (χ1) is 12.2. The smallest absolute Gasteiger partial charge is 0.272 e. The zero-order valence-corrected chi connectivity index (χ0v) is 14.8. The van der Waals surface area contributed by atoms with Crippen molar-refractivity contribution in [2.24, 2.45) is 4.99 Å². The van der Waals surface area contributed by atoms with E-state index in [1.54, 1.807) is 6.08 Å². The van der Waals surface area contributed by atoms with Gasteiger partial charge in [-0.05, 0) is 35.8 Å². The molecule has 1 heterocycles. The molecule has 0 saturated carbocycles. The van der Waals surface area contributed by atoms with Gasteiger partial charge in [0.15, 0.2) is 4.80 Å². The van der Waals surface area contributed by atoms with Crippen molar-refractivity contribution in [3.8, 4) is 12.3 Å². The van der Waals surface area contributed by atoms with E-state index >= 15 is 0 Å². The van der Waals surface area contributed by atoms with Crippen LogP contribution >= 0.6 is 11.3 Å². The van der Waals surface area contributed by atoms with Crippen molar-refractivity contribution in [2.75, 3.05) is 0 Å². The number of carbonyl (C=O) groups is 1. The minimum atomic E-state index is -0.295. The first-order valence-corrected chi connectivity index (χ1v) is 8.90. The molecule has 0 radical (unpaired) electrons. The highest BCUT2D eigenvalue weighted by atomic mass is 32.1. The maximum absolute atomic E-state index is 12.2. The molecule has 2 aromatic carbocycles. The summed E-state index contributed by atoms with van der Waals surface area (Å²) in [6, 6.07) is 15.9. The van der Waals surface area contributed by atoms with Crippen LogP contribution in [-0.2, 0) is 17.8 Å². The number of hydrogen-bond donors (Lipinski definition) is 0. The monoisotopic (exact) mass is 346 g/mol. The molecular formula is C21H18N2OS. The molecule has 0 aliphatic rings. The molecule has 0 aliphatic heterocycles. The summed E-state index contributed by atoms with van der Waals surface area (Å²) in [7, 11) is 0. The summed E-state index contributed by atoms with van der Waals surface area (Å²) in [6.45, 7) is 2.51. The van der Waals surface area contributed by atoms with Crippen LogP contribution in [0.1, 0.15) is 18.1 Å². The van der Waals surface area contributed by atoms with Gasteiger partial charge in [0.2, 0.25) is 0 Å². The molecule has 0 unspecified atom stereocenters. The predicted octanol–water partition coefficient (Wildman–Crippen LogP) is 4.04. The van der Waals surface area contributed by atoms with Gasteiger partial charge in [0.25, 0.3) is 5.91 Å². The quantitative estimate of drug-likeness (QED) is 0.519. The lowest BCUT2D eigenvalue weighted by Gasteiger charge is -2.00. The van der Waals surface area contributed by atoms with Gasteiger partial charge in [0.1, 0.15) is 0 Å². The number of rotatable bonds is 4. The molecule has 3 nitrogen and oxygen atoms in total. The van der Waals surface area contributed by atoms with Crippen LogP contribution in [0.5, 0.6) is 0 Å². The van der Waals surface area contributed by atoms with Crippen molar-refractivity contribution in [1.29, 1.82) is 0 Å². The van der Waals surface area contributed by atoms with E-state index in [0.717, 1.165) is 22.2 Å². The van der Waals surface area contributed by atoms with Gasteiger partial charge < -0.3 is 4.57 Å². The first kappa shape index (κ1) is 16.9. The van der Waals surface area contributed by atoms with Gasteiger partial charge in [-0.25, -0.2) is 0 Å². The van der Waals surface area contributed by atoms with Crippen molar-refractivity contribution in [2.45, 2.75) is 19.9 Å². The molecule has 1 amide bonds. The normalized spacial score (nSPS) is 11.9. The van der Waals surface area contributed by atoms with Crippen LogP contribution in [0.25, 0.3) is 16.3 Å². The summed E-state index contributed by atoms with van der Waals surface area (Å²) >= 11 is 1.49. The lowest BCUT2D eigenvalue weighted by Crippen LogP contribution is -2.15. The second-order valence-electron chi connectivity index (χ2n) is 5.52. The fourth-order valence-electron chi connectivity index (χ4n) is 2.53.